The van der Waals surface area contributed by atoms with Gasteiger partial charge in [-0.1, -0.05) is 0 Å². The molecule has 0 fully saturated rings. The third-order valence-corrected chi connectivity index (χ3v) is 3.45. The van der Waals surface area contributed by atoms with Crippen LogP contribution in [0.5, 0.6) is 0 Å². The van der Waals surface area contributed by atoms with Crippen molar-refractivity contribution >= 4 is 28.7 Å². The second kappa shape index (κ2) is 5.91. The van der Waals surface area contributed by atoms with Crippen molar-refractivity contribution in [3.63, 3.8) is 0 Å². The summed E-state index contributed by atoms with van der Waals surface area (Å²) in [5.41, 5.74) is 0. The smallest absolute Gasteiger partial charge is 0.181 e. The van der Waals surface area contributed by atoms with Gasteiger partial charge in [0.15, 0.2) is 11.0 Å². The Morgan fingerprint density at radius 2 is 2.27 bits per heavy atom. The van der Waals surface area contributed by atoms with Crippen molar-refractivity contribution in [1.29, 1.82) is 0 Å². The van der Waals surface area contributed by atoms with Crippen LogP contribution < -0.4 is 0 Å². The summed E-state index contributed by atoms with van der Waals surface area (Å²) in [6.07, 6.45) is 4.31. The number of ketones is 1. The predicted molar refractivity (Wildman–Crippen MR) is 51.5 cm³/mol. The molecule has 0 bridgehead atoms. The van der Waals surface area contributed by atoms with Crippen molar-refractivity contribution in [2.24, 2.45) is 0 Å². The minimum absolute atomic E-state index is 0.0416. The van der Waals surface area contributed by atoms with Crippen LogP contribution in [0.3, 0.4) is 0 Å². The lowest BCUT2D eigenvalue weighted by molar-refractivity contribution is -0.116. The van der Waals surface area contributed by atoms with Crippen molar-refractivity contribution in [3.05, 3.63) is 0 Å². The first kappa shape index (κ1) is 11.3. The van der Waals surface area contributed by atoms with Gasteiger partial charge in [0.05, 0.1) is 6.26 Å². The molecule has 0 amide bonds. The summed E-state index contributed by atoms with van der Waals surface area (Å²) in [4.78, 5) is 10.9. The molecular weight excluding hydrogens is 180 g/mol. The topological polar surface area (TPSA) is 40.1 Å². The molecule has 0 aromatic rings. The molecule has 11 heavy (non-hydrogen) atoms. The summed E-state index contributed by atoms with van der Waals surface area (Å²) in [7, 11) is 0. The fourth-order valence-electron chi connectivity index (χ4n) is 0.828. The predicted octanol–water partition coefficient (Wildman–Crippen LogP) is 1.08. The van der Waals surface area contributed by atoms with E-state index in [1.54, 1.807) is 18.0 Å². The Labute approximate surface area is 75.3 Å². The molecule has 0 saturated heterocycles. The van der Waals surface area contributed by atoms with Crippen LogP contribution in [-0.4, -0.2) is 33.9 Å². The highest BCUT2D eigenvalue weighted by molar-refractivity contribution is 7.98. The molecule has 0 radical (unpaired) electrons. The van der Waals surface area contributed by atoms with E-state index in [2.05, 4.69) is 0 Å². The maximum atomic E-state index is 11.0. The molecule has 0 aromatic heterocycles. The molecule has 0 spiro atoms. The summed E-state index contributed by atoms with van der Waals surface area (Å²) >= 11 is 0.680. The molecule has 4 heteroatoms. The van der Waals surface area contributed by atoms with Gasteiger partial charge in [-0.05, 0) is 30.1 Å². The minimum Gasteiger partial charge on any atom is -0.616 e. The number of carbonyl (C=O) groups is 1. The first-order valence-electron chi connectivity index (χ1n) is 3.41. The largest absolute Gasteiger partial charge is 0.616 e. The van der Waals surface area contributed by atoms with Crippen LogP contribution >= 0.6 is 11.8 Å². The zero-order valence-electron chi connectivity index (χ0n) is 7.12. The van der Waals surface area contributed by atoms with Crippen LogP contribution in [-0.2, 0) is 16.0 Å². The Kier molecular flexibility index (Phi) is 6.09. The molecule has 2 nitrogen and oxygen atoms in total. The molecule has 0 aliphatic rings. The molecule has 0 rings (SSSR count). The normalized spacial score (nSPS) is 16.0. The molecule has 0 heterocycles. The average Bonchev–Trinajstić information content (AvgIpc) is 1.87. The molecule has 0 aliphatic carbocycles. The lowest BCUT2D eigenvalue weighted by atomic mass is 10.2. The number of thioether (sulfide) groups is 1. The highest BCUT2D eigenvalue weighted by Crippen LogP contribution is 2.09. The van der Waals surface area contributed by atoms with E-state index in [0.717, 1.165) is 12.2 Å². The summed E-state index contributed by atoms with van der Waals surface area (Å²) in [5, 5.41) is -0.248. The van der Waals surface area contributed by atoms with Gasteiger partial charge < -0.3 is 4.55 Å². The standard InChI is InChI=1S/C7H14O2S2/c1-6(8)7(11(3)9)4-5-10-2/h7H,4-5H2,1-3H3. The number of hydrogen-bond donors (Lipinski definition) is 0. The molecule has 0 aromatic carbocycles. The van der Waals surface area contributed by atoms with Gasteiger partial charge in [0.2, 0.25) is 0 Å². The lowest BCUT2D eigenvalue weighted by Crippen LogP contribution is -2.28. The second-order valence-corrected chi connectivity index (χ2v) is 4.93. The molecule has 0 aliphatic heterocycles. The molecule has 0 saturated carbocycles. The number of hydrogen-bond acceptors (Lipinski definition) is 3. The van der Waals surface area contributed by atoms with Gasteiger partial charge in [-0.3, -0.25) is 4.79 Å². The summed E-state index contributed by atoms with van der Waals surface area (Å²) in [6, 6.07) is 0. The quantitative estimate of drug-likeness (QED) is 0.615. The van der Waals surface area contributed by atoms with Crippen molar-refractivity contribution in [2.75, 3.05) is 18.3 Å². The molecule has 66 valence electrons. The van der Waals surface area contributed by atoms with Crippen LogP contribution in [0, 0.1) is 0 Å². The third kappa shape index (κ3) is 4.71. The summed E-state index contributed by atoms with van der Waals surface area (Å²) in [6.45, 7) is 1.51. The highest BCUT2D eigenvalue weighted by Gasteiger charge is 2.22. The Hall–Kier alpha value is 0.330. The van der Waals surface area contributed by atoms with E-state index in [-0.39, 0.29) is 11.0 Å². The van der Waals surface area contributed by atoms with Crippen molar-refractivity contribution in [1.82, 2.24) is 0 Å². The van der Waals surface area contributed by atoms with Gasteiger partial charge >= 0.3 is 0 Å². The first-order valence-corrected chi connectivity index (χ1v) is 6.42. The molecule has 2 unspecified atom stereocenters. The fraction of sp³-hybridized carbons (Fsp3) is 0.857. The Morgan fingerprint density at radius 1 is 1.73 bits per heavy atom. The zero-order chi connectivity index (χ0) is 8.85. The van der Waals surface area contributed by atoms with Gasteiger partial charge in [-0.15, -0.1) is 0 Å². The van der Waals surface area contributed by atoms with E-state index >= 15 is 0 Å². The van der Waals surface area contributed by atoms with Crippen LogP contribution in [0.1, 0.15) is 13.3 Å². The second-order valence-electron chi connectivity index (χ2n) is 2.38. The van der Waals surface area contributed by atoms with Gasteiger partial charge in [-0.2, -0.15) is 11.8 Å². The monoisotopic (exact) mass is 194 g/mol. The van der Waals surface area contributed by atoms with Crippen LogP contribution in [0.4, 0.5) is 0 Å². The van der Waals surface area contributed by atoms with Crippen molar-refractivity contribution in [3.8, 4) is 0 Å². The number of Topliss-reactive ketones (excluding diaryl/α,β-unsaturated/α-hetero) is 1. The molecular formula is C7H14O2S2. The maximum absolute atomic E-state index is 11.0. The van der Waals surface area contributed by atoms with Crippen LogP contribution in [0.15, 0.2) is 0 Å². The molecule has 2 atom stereocenters. The van der Waals surface area contributed by atoms with Crippen LogP contribution in [0.2, 0.25) is 0 Å². The van der Waals surface area contributed by atoms with E-state index < -0.39 is 11.2 Å². The van der Waals surface area contributed by atoms with Gasteiger partial charge in [-0.25, -0.2) is 0 Å². The van der Waals surface area contributed by atoms with E-state index in [9.17, 15) is 9.35 Å². The van der Waals surface area contributed by atoms with Crippen molar-refractivity contribution in [2.45, 2.75) is 18.6 Å². The number of carbonyl (C=O) groups excluding carboxylic acids is 1. The lowest BCUT2D eigenvalue weighted by Gasteiger charge is -2.14. The third-order valence-electron chi connectivity index (χ3n) is 1.44. The van der Waals surface area contributed by atoms with E-state index in [4.69, 9.17) is 0 Å². The Balaban J connectivity index is 3.80. The van der Waals surface area contributed by atoms with E-state index in [1.807, 2.05) is 6.26 Å². The Bertz CT molecular complexity index is 126. The van der Waals surface area contributed by atoms with Gasteiger partial charge in [0.1, 0.15) is 0 Å². The Morgan fingerprint density at radius 3 is 2.55 bits per heavy atom. The van der Waals surface area contributed by atoms with Gasteiger partial charge in [0, 0.05) is 6.42 Å². The SMILES string of the molecule is CSCCC(C(C)=O)[S+](C)[O-]. The maximum Gasteiger partial charge on any atom is 0.181 e. The first-order chi connectivity index (χ1) is 5.09. The zero-order valence-corrected chi connectivity index (χ0v) is 8.76. The number of rotatable bonds is 5. The fourth-order valence-corrected chi connectivity index (χ4v) is 2.37. The highest BCUT2D eigenvalue weighted by atomic mass is 32.2. The van der Waals surface area contributed by atoms with E-state index in [1.165, 1.54) is 6.92 Å². The molecule has 0 N–H and O–H groups in total. The van der Waals surface area contributed by atoms with Gasteiger partial charge in [0.25, 0.3) is 0 Å². The summed E-state index contributed by atoms with van der Waals surface area (Å²) in [5.74, 6) is 0.948. The van der Waals surface area contributed by atoms with Crippen LogP contribution in [0.25, 0.3) is 0 Å². The average molecular weight is 194 g/mol. The van der Waals surface area contributed by atoms with E-state index in [0.29, 0.717) is 0 Å². The van der Waals surface area contributed by atoms with Crippen molar-refractivity contribution < 1.29 is 9.35 Å². The minimum atomic E-state index is -0.998. The summed E-state index contributed by atoms with van der Waals surface area (Å²) < 4.78 is 11.0.